The molecule has 0 saturated carbocycles. The van der Waals surface area contributed by atoms with Gasteiger partial charge in [0.1, 0.15) is 0 Å². The van der Waals surface area contributed by atoms with E-state index in [-0.39, 0.29) is 11.1 Å². The Bertz CT molecular complexity index is 1040. The van der Waals surface area contributed by atoms with E-state index in [1.807, 2.05) is 0 Å². The molecule has 2 aromatic rings. The van der Waals surface area contributed by atoms with Crippen molar-refractivity contribution < 1.29 is 38.9 Å². The molecule has 44 heavy (non-hydrogen) atoms. The number of rotatable bonds is 20. The zero-order valence-electron chi connectivity index (χ0n) is 27.0. The molecule has 0 fully saturated rings. The number of hydrogen-bond acceptors (Lipinski definition) is 6. The Balaban J connectivity index is 0.000000669. The van der Waals surface area contributed by atoms with E-state index in [9.17, 15) is 19.2 Å². The maximum Gasteiger partial charge on any atom is 0.339 e. The Kier molecular flexibility index (Phi) is 19.9. The number of unbranched alkanes of at least 4 members (excludes halogenated alkanes) is 4. The van der Waals surface area contributed by atoms with E-state index in [0.717, 1.165) is 38.5 Å². The van der Waals surface area contributed by atoms with Crippen molar-refractivity contribution in [1.82, 2.24) is 0 Å². The van der Waals surface area contributed by atoms with Crippen LogP contribution in [0, 0.1) is 11.8 Å². The van der Waals surface area contributed by atoms with E-state index in [2.05, 4.69) is 27.7 Å². The molecule has 2 unspecified atom stereocenters. The fourth-order valence-electron chi connectivity index (χ4n) is 4.94. The maximum atomic E-state index is 12.8. The number of carboxylic acid groups (broad SMARTS) is 2. The third-order valence-corrected chi connectivity index (χ3v) is 7.47. The number of carbonyl (C=O) groups excluding carboxylic acids is 2. The fourth-order valence-corrected chi connectivity index (χ4v) is 4.94. The summed E-state index contributed by atoms with van der Waals surface area (Å²) < 4.78 is 11.3. The molecule has 8 heteroatoms. The van der Waals surface area contributed by atoms with Crippen LogP contribution >= 0.6 is 0 Å². The van der Waals surface area contributed by atoms with Gasteiger partial charge in [-0.2, -0.15) is 0 Å². The normalized spacial score (nSPS) is 11.9. The summed E-state index contributed by atoms with van der Waals surface area (Å²) in [5.74, 6) is -2.22. The minimum Gasteiger partial charge on any atom is -0.478 e. The summed E-state index contributed by atoms with van der Waals surface area (Å²) in [5, 5.41) is 16.9. The van der Waals surface area contributed by atoms with Gasteiger partial charge in [-0.25, -0.2) is 19.2 Å². The average Bonchev–Trinajstić information content (AvgIpc) is 3.02. The number of ether oxygens (including phenoxy) is 2. The Morgan fingerprint density at radius 3 is 1.20 bits per heavy atom. The molecule has 0 heterocycles. The molecule has 0 aliphatic rings. The molecule has 0 bridgehead atoms. The van der Waals surface area contributed by atoms with Gasteiger partial charge >= 0.3 is 23.9 Å². The molecule has 0 amide bonds. The lowest BCUT2D eigenvalue weighted by molar-refractivity contribution is 0.0377. The van der Waals surface area contributed by atoms with Gasteiger partial charge in [-0.15, -0.1) is 0 Å². The lowest BCUT2D eigenvalue weighted by Gasteiger charge is -2.18. The van der Waals surface area contributed by atoms with E-state index in [4.69, 9.17) is 19.7 Å². The maximum absolute atomic E-state index is 12.8. The third kappa shape index (κ3) is 15.2. The van der Waals surface area contributed by atoms with Crippen LogP contribution < -0.4 is 0 Å². The largest absolute Gasteiger partial charge is 0.478 e. The third-order valence-electron chi connectivity index (χ3n) is 7.47. The van der Waals surface area contributed by atoms with Gasteiger partial charge in [0.25, 0.3) is 0 Å². The number of hydrogen-bond donors (Lipinski definition) is 2. The van der Waals surface area contributed by atoms with Crippen molar-refractivity contribution in [3.05, 3.63) is 70.8 Å². The van der Waals surface area contributed by atoms with Crippen LogP contribution in [-0.4, -0.2) is 47.3 Å². The van der Waals surface area contributed by atoms with Crippen LogP contribution in [0.25, 0.3) is 0 Å². The van der Waals surface area contributed by atoms with Gasteiger partial charge < -0.3 is 19.7 Å². The van der Waals surface area contributed by atoms with E-state index >= 15 is 0 Å². The van der Waals surface area contributed by atoms with Crippen molar-refractivity contribution in [2.24, 2.45) is 11.8 Å². The molecule has 0 radical (unpaired) electrons. The summed E-state index contributed by atoms with van der Waals surface area (Å²) in [6, 6.07) is 11.9. The van der Waals surface area contributed by atoms with E-state index in [1.165, 1.54) is 62.8 Å². The second-order valence-corrected chi connectivity index (χ2v) is 11.2. The predicted octanol–water partition coefficient (Wildman–Crippen LogP) is 9.08. The van der Waals surface area contributed by atoms with Crippen LogP contribution in [0.5, 0.6) is 0 Å². The van der Waals surface area contributed by atoms with Gasteiger partial charge in [0, 0.05) is 0 Å². The van der Waals surface area contributed by atoms with Gasteiger partial charge in [0.15, 0.2) is 0 Å². The van der Waals surface area contributed by atoms with Crippen LogP contribution in [0.2, 0.25) is 0 Å². The summed E-state index contributed by atoms with van der Waals surface area (Å²) in [4.78, 5) is 46.3. The first kappa shape index (κ1) is 38.3. The summed E-state index contributed by atoms with van der Waals surface area (Å²) in [5.41, 5.74) is 0.777. The second kappa shape index (κ2) is 22.8. The van der Waals surface area contributed by atoms with Gasteiger partial charge in [-0.3, -0.25) is 0 Å². The quantitative estimate of drug-likeness (QED) is 0.112. The van der Waals surface area contributed by atoms with Crippen molar-refractivity contribution in [3.63, 3.8) is 0 Å². The molecule has 0 aromatic heterocycles. The van der Waals surface area contributed by atoms with Gasteiger partial charge in [0.2, 0.25) is 0 Å². The van der Waals surface area contributed by atoms with Gasteiger partial charge in [0.05, 0.1) is 35.5 Å². The first-order valence-electron chi connectivity index (χ1n) is 16.2. The van der Waals surface area contributed by atoms with Gasteiger partial charge in [-0.05, 0) is 73.9 Å². The predicted molar refractivity (Wildman–Crippen MR) is 172 cm³/mol. The lowest BCUT2D eigenvalue weighted by Crippen LogP contribution is -2.19. The van der Waals surface area contributed by atoms with Crippen molar-refractivity contribution in [2.75, 3.05) is 13.2 Å². The van der Waals surface area contributed by atoms with Crippen LogP contribution in [-0.2, 0) is 9.47 Å². The fraction of sp³-hybridized carbons (Fsp3) is 0.556. The minimum atomic E-state index is -1.06. The summed E-state index contributed by atoms with van der Waals surface area (Å²) in [7, 11) is 0. The zero-order valence-corrected chi connectivity index (χ0v) is 27.0. The summed E-state index contributed by atoms with van der Waals surface area (Å²) in [6.07, 6.45) is 13.5. The summed E-state index contributed by atoms with van der Waals surface area (Å²) >= 11 is 0. The minimum absolute atomic E-state index is 0.0833. The monoisotopic (exact) mass is 612 g/mol. The standard InChI is InChI=1S/C28H46O4.C8H6O4/c1-5-9-11-17-23(15-7-3)21-31-27(29)25-19-13-14-20-26(25)28(30)32-22-24(16-8-4)18-12-10-6-2;9-7(10)5-1-2-6(4-3-5)8(11)12/h13-14,19-20,23-24H,5-12,15-18,21-22H2,1-4H3;1-4H,(H,9,10)(H,11,12). The molecule has 2 aromatic carbocycles. The molecule has 0 spiro atoms. The van der Waals surface area contributed by atoms with Crippen LogP contribution in [0.15, 0.2) is 48.5 Å². The first-order valence-corrected chi connectivity index (χ1v) is 16.2. The smallest absolute Gasteiger partial charge is 0.339 e. The molecule has 2 atom stereocenters. The molecule has 2 N–H and O–H groups in total. The van der Waals surface area contributed by atoms with Crippen molar-refractivity contribution in [3.8, 4) is 0 Å². The highest BCUT2D eigenvalue weighted by atomic mass is 16.5. The molecule has 0 saturated heterocycles. The Morgan fingerprint density at radius 1 is 0.545 bits per heavy atom. The number of aromatic carboxylic acids is 2. The first-order chi connectivity index (χ1) is 21.2. The average molecular weight is 613 g/mol. The highest BCUT2D eigenvalue weighted by molar-refractivity contribution is 6.03. The van der Waals surface area contributed by atoms with Crippen LogP contribution in [0.1, 0.15) is 146 Å². The summed E-state index contributed by atoms with van der Waals surface area (Å²) in [6.45, 7) is 9.54. The molecular formula is C36H52O8. The Hall–Kier alpha value is -3.68. The molecular weight excluding hydrogens is 560 g/mol. The Morgan fingerprint density at radius 2 is 0.909 bits per heavy atom. The van der Waals surface area contributed by atoms with Gasteiger partial charge in [-0.1, -0.05) is 91.2 Å². The van der Waals surface area contributed by atoms with E-state index in [1.54, 1.807) is 24.3 Å². The molecule has 244 valence electrons. The van der Waals surface area contributed by atoms with Crippen LogP contribution in [0.4, 0.5) is 0 Å². The Labute approximate surface area is 263 Å². The highest BCUT2D eigenvalue weighted by Gasteiger charge is 2.21. The number of esters is 2. The van der Waals surface area contributed by atoms with E-state index in [0.29, 0.717) is 36.2 Å². The topological polar surface area (TPSA) is 127 Å². The molecule has 2 rings (SSSR count). The number of benzene rings is 2. The van der Waals surface area contributed by atoms with Crippen molar-refractivity contribution in [2.45, 2.75) is 105 Å². The number of carboxylic acids is 2. The highest BCUT2D eigenvalue weighted by Crippen LogP contribution is 2.20. The van der Waals surface area contributed by atoms with Crippen molar-refractivity contribution >= 4 is 23.9 Å². The van der Waals surface area contributed by atoms with E-state index < -0.39 is 23.9 Å². The van der Waals surface area contributed by atoms with Crippen molar-refractivity contribution in [1.29, 1.82) is 0 Å². The van der Waals surface area contributed by atoms with Crippen LogP contribution in [0.3, 0.4) is 0 Å². The number of carbonyl (C=O) groups is 4. The lowest BCUT2D eigenvalue weighted by atomic mass is 9.97. The molecule has 0 aliphatic heterocycles. The molecule has 8 nitrogen and oxygen atoms in total. The second-order valence-electron chi connectivity index (χ2n) is 11.2. The zero-order chi connectivity index (χ0) is 32.7. The SMILES string of the molecule is CCCCCC(CCC)COC(=O)c1ccccc1C(=O)OCC(CCC)CCCCC.O=C(O)c1ccc(C(=O)O)cc1. The molecule has 0 aliphatic carbocycles.